The summed E-state index contributed by atoms with van der Waals surface area (Å²) in [7, 11) is 0. The molecule has 1 heterocycles. The summed E-state index contributed by atoms with van der Waals surface area (Å²) in [4.78, 5) is 26.0. The molecule has 1 aliphatic heterocycles. The van der Waals surface area contributed by atoms with E-state index in [1.807, 2.05) is 13.8 Å². The summed E-state index contributed by atoms with van der Waals surface area (Å²) in [6.07, 6.45) is 1.27. The summed E-state index contributed by atoms with van der Waals surface area (Å²) in [6, 6.07) is 4.99. The molecule has 1 saturated heterocycles. The first-order valence-corrected chi connectivity index (χ1v) is 8.43. The van der Waals surface area contributed by atoms with Gasteiger partial charge in [0.25, 0.3) is 0 Å². The summed E-state index contributed by atoms with van der Waals surface area (Å²) >= 11 is 12.0. The van der Waals surface area contributed by atoms with Crippen molar-refractivity contribution < 1.29 is 9.59 Å². The van der Waals surface area contributed by atoms with Gasteiger partial charge in [0, 0.05) is 30.1 Å². The number of rotatable bonds is 3. The van der Waals surface area contributed by atoms with Crippen molar-refractivity contribution in [3.05, 3.63) is 28.2 Å². The summed E-state index contributed by atoms with van der Waals surface area (Å²) in [5.41, 5.74) is 0.518. The van der Waals surface area contributed by atoms with Crippen LogP contribution in [0.5, 0.6) is 0 Å². The van der Waals surface area contributed by atoms with Crippen molar-refractivity contribution in [1.29, 1.82) is 0 Å². The zero-order chi connectivity index (χ0) is 17.0. The minimum Gasteiger partial charge on any atom is -0.336 e. The second-order valence-corrected chi connectivity index (χ2v) is 6.82. The lowest BCUT2D eigenvalue weighted by Gasteiger charge is -2.32. The second-order valence-electron chi connectivity index (χ2n) is 5.98. The third-order valence-corrected chi connectivity index (χ3v) is 4.32. The molecule has 0 atom stereocenters. The zero-order valence-corrected chi connectivity index (χ0v) is 14.7. The number of hydrogen-bond donors (Lipinski definition) is 2. The molecule has 126 valence electrons. The topological polar surface area (TPSA) is 61.4 Å². The minimum absolute atomic E-state index is 0.0725. The minimum atomic E-state index is -0.131. The molecule has 2 N–H and O–H groups in total. The van der Waals surface area contributed by atoms with Gasteiger partial charge in [-0.3, -0.25) is 4.79 Å². The largest absolute Gasteiger partial charge is 0.336 e. The van der Waals surface area contributed by atoms with E-state index in [-0.39, 0.29) is 23.9 Å². The van der Waals surface area contributed by atoms with Crippen LogP contribution in [0.25, 0.3) is 0 Å². The molecule has 1 aromatic rings. The van der Waals surface area contributed by atoms with Crippen LogP contribution in [-0.4, -0.2) is 36.0 Å². The fraction of sp³-hybridized carbons (Fsp3) is 0.500. The van der Waals surface area contributed by atoms with Crippen molar-refractivity contribution in [2.45, 2.75) is 32.7 Å². The summed E-state index contributed by atoms with van der Waals surface area (Å²) in [5, 5.41) is 6.66. The van der Waals surface area contributed by atoms with E-state index in [4.69, 9.17) is 23.2 Å². The number of carbonyl (C=O) groups excluding carboxylic acids is 2. The van der Waals surface area contributed by atoms with E-state index in [1.54, 1.807) is 23.1 Å². The molecule has 0 spiro atoms. The van der Waals surface area contributed by atoms with E-state index in [2.05, 4.69) is 10.6 Å². The molecule has 0 aromatic heterocycles. The van der Waals surface area contributed by atoms with Crippen molar-refractivity contribution in [2.75, 3.05) is 18.4 Å². The van der Waals surface area contributed by atoms with Gasteiger partial charge in [-0.05, 0) is 44.9 Å². The Kier molecular flexibility index (Phi) is 6.13. The third-order valence-electron chi connectivity index (χ3n) is 3.75. The molecule has 0 radical (unpaired) electrons. The number of carbonyl (C=O) groups is 2. The lowest BCUT2D eigenvalue weighted by molar-refractivity contribution is -0.121. The molecular formula is C16H21Cl2N3O2. The van der Waals surface area contributed by atoms with Crippen LogP contribution in [0.3, 0.4) is 0 Å². The third kappa shape index (κ3) is 5.01. The normalized spacial score (nSPS) is 15.6. The monoisotopic (exact) mass is 357 g/mol. The Hall–Kier alpha value is -1.46. The Balaban J connectivity index is 1.88. The van der Waals surface area contributed by atoms with Gasteiger partial charge in [-0.1, -0.05) is 23.2 Å². The van der Waals surface area contributed by atoms with Crippen LogP contribution >= 0.6 is 23.2 Å². The maximum atomic E-state index is 12.4. The highest BCUT2D eigenvalue weighted by molar-refractivity contribution is 6.35. The molecular weight excluding hydrogens is 337 g/mol. The molecule has 0 unspecified atom stereocenters. The number of piperidine rings is 1. The Morgan fingerprint density at radius 1 is 1.22 bits per heavy atom. The van der Waals surface area contributed by atoms with Crippen molar-refractivity contribution in [3.63, 3.8) is 0 Å². The molecule has 1 aliphatic rings. The highest BCUT2D eigenvalue weighted by Crippen LogP contribution is 2.27. The molecule has 1 aromatic carbocycles. The first kappa shape index (κ1) is 17.9. The van der Waals surface area contributed by atoms with E-state index < -0.39 is 0 Å². The molecule has 5 nitrogen and oxygen atoms in total. The van der Waals surface area contributed by atoms with Crippen LogP contribution in [-0.2, 0) is 4.79 Å². The number of nitrogens with zero attached hydrogens (tertiary/aromatic N) is 1. The highest BCUT2D eigenvalue weighted by atomic mass is 35.5. The maximum Gasteiger partial charge on any atom is 0.317 e. The summed E-state index contributed by atoms with van der Waals surface area (Å²) < 4.78 is 0. The van der Waals surface area contributed by atoms with Gasteiger partial charge < -0.3 is 15.5 Å². The lowest BCUT2D eigenvalue weighted by Crippen LogP contribution is -2.47. The molecule has 1 fully saturated rings. The number of benzene rings is 1. The van der Waals surface area contributed by atoms with Gasteiger partial charge in [0.05, 0.1) is 10.7 Å². The smallest absolute Gasteiger partial charge is 0.317 e. The number of urea groups is 1. The van der Waals surface area contributed by atoms with Crippen LogP contribution in [0.4, 0.5) is 10.5 Å². The standard InChI is InChI=1S/C16H21Cl2N3O2/c1-10(2)19-16(23)21-7-5-11(6-8-21)15(22)20-14-9-12(17)3-4-13(14)18/h3-4,9-11H,5-8H2,1-2H3,(H,19,23)(H,20,22). The van der Waals surface area contributed by atoms with Gasteiger partial charge in [-0.25, -0.2) is 4.79 Å². The van der Waals surface area contributed by atoms with Gasteiger partial charge in [0.15, 0.2) is 0 Å². The van der Waals surface area contributed by atoms with Crippen molar-refractivity contribution in [2.24, 2.45) is 5.92 Å². The number of likely N-dealkylation sites (tertiary alicyclic amines) is 1. The Morgan fingerprint density at radius 2 is 1.87 bits per heavy atom. The second kappa shape index (κ2) is 7.88. The van der Waals surface area contributed by atoms with Gasteiger partial charge in [-0.15, -0.1) is 0 Å². The molecule has 3 amide bonds. The number of nitrogens with one attached hydrogen (secondary N) is 2. The average molecular weight is 358 g/mol. The van der Waals surface area contributed by atoms with Crippen LogP contribution in [0, 0.1) is 5.92 Å². The highest BCUT2D eigenvalue weighted by Gasteiger charge is 2.27. The predicted molar refractivity (Wildman–Crippen MR) is 93.1 cm³/mol. The van der Waals surface area contributed by atoms with E-state index in [0.29, 0.717) is 41.7 Å². The van der Waals surface area contributed by atoms with Crippen LogP contribution < -0.4 is 10.6 Å². The first-order valence-electron chi connectivity index (χ1n) is 7.68. The SMILES string of the molecule is CC(C)NC(=O)N1CCC(C(=O)Nc2cc(Cl)ccc2Cl)CC1. The number of anilines is 1. The maximum absolute atomic E-state index is 12.4. The van der Waals surface area contributed by atoms with Crippen molar-refractivity contribution in [3.8, 4) is 0 Å². The molecule has 0 saturated carbocycles. The quantitative estimate of drug-likeness (QED) is 0.864. The van der Waals surface area contributed by atoms with Crippen molar-refractivity contribution in [1.82, 2.24) is 10.2 Å². The Bertz CT molecular complexity index is 585. The van der Waals surface area contributed by atoms with E-state index in [1.165, 1.54) is 0 Å². The molecule has 7 heteroatoms. The number of amides is 3. The van der Waals surface area contributed by atoms with Crippen LogP contribution in [0.1, 0.15) is 26.7 Å². The van der Waals surface area contributed by atoms with Crippen LogP contribution in [0.2, 0.25) is 10.0 Å². The molecule has 0 bridgehead atoms. The number of halogens is 2. The summed E-state index contributed by atoms with van der Waals surface area (Å²) in [6.45, 7) is 4.99. The van der Waals surface area contributed by atoms with Gasteiger partial charge in [0.1, 0.15) is 0 Å². The Labute approximate surface area is 146 Å². The number of hydrogen-bond acceptors (Lipinski definition) is 2. The van der Waals surface area contributed by atoms with Crippen LogP contribution in [0.15, 0.2) is 18.2 Å². The van der Waals surface area contributed by atoms with Gasteiger partial charge in [-0.2, -0.15) is 0 Å². The van der Waals surface area contributed by atoms with E-state index >= 15 is 0 Å². The van der Waals surface area contributed by atoms with Gasteiger partial charge >= 0.3 is 6.03 Å². The molecule has 0 aliphatic carbocycles. The van der Waals surface area contributed by atoms with E-state index in [9.17, 15) is 9.59 Å². The lowest BCUT2D eigenvalue weighted by atomic mass is 9.96. The van der Waals surface area contributed by atoms with Crippen molar-refractivity contribution >= 4 is 40.8 Å². The van der Waals surface area contributed by atoms with Gasteiger partial charge in [0.2, 0.25) is 5.91 Å². The summed E-state index contributed by atoms with van der Waals surface area (Å²) in [5.74, 6) is -0.216. The predicted octanol–water partition coefficient (Wildman–Crippen LogP) is 3.76. The Morgan fingerprint density at radius 3 is 2.48 bits per heavy atom. The first-order chi connectivity index (χ1) is 10.9. The zero-order valence-electron chi connectivity index (χ0n) is 13.2. The van der Waals surface area contributed by atoms with E-state index in [0.717, 1.165) is 0 Å². The average Bonchev–Trinajstić information content (AvgIpc) is 2.50. The molecule has 2 rings (SSSR count). The fourth-order valence-corrected chi connectivity index (χ4v) is 2.85. The fourth-order valence-electron chi connectivity index (χ4n) is 2.51. The molecule has 23 heavy (non-hydrogen) atoms.